The van der Waals surface area contributed by atoms with Crippen LogP contribution in [0.2, 0.25) is 10.2 Å². The van der Waals surface area contributed by atoms with Gasteiger partial charge in [-0.1, -0.05) is 41.4 Å². The number of aliphatic hydroxyl groups excluding tert-OH is 1. The lowest BCUT2D eigenvalue weighted by Crippen LogP contribution is -2.13. The lowest BCUT2D eigenvalue weighted by atomic mass is 10.1. The standard InChI is InChI=1S/C13H10Cl2N2O2/c14-10-5-9(6-16-12(10)15)13(19)17-11-4-2-1-3-8(11)7-18/h1-6,18H,7H2,(H,17,19). The molecule has 0 spiro atoms. The van der Waals surface area contributed by atoms with Crippen molar-refractivity contribution in [2.24, 2.45) is 0 Å². The first-order valence-electron chi connectivity index (χ1n) is 5.43. The van der Waals surface area contributed by atoms with Crippen LogP contribution < -0.4 is 5.32 Å². The van der Waals surface area contributed by atoms with E-state index in [1.807, 2.05) is 0 Å². The number of benzene rings is 1. The van der Waals surface area contributed by atoms with Crippen molar-refractivity contribution in [3.8, 4) is 0 Å². The lowest BCUT2D eigenvalue weighted by Gasteiger charge is -2.09. The molecule has 19 heavy (non-hydrogen) atoms. The third-order valence-electron chi connectivity index (χ3n) is 2.49. The summed E-state index contributed by atoms with van der Waals surface area (Å²) in [6, 6.07) is 8.41. The number of amides is 1. The number of aromatic nitrogens is 1. The second kappa shape index (κ2) is 6.02. The number of pyridine rings is 1. The third kappa shape index (κ3) is 3.23. The van der Waals surface area contributed by atoms with Gasteiger partial charge in [-0.05, 0) is 12.1 Å². The van der Waals surface area contributed by atoms with E-state index in [1.54, 1.807) is 24.3 Å². The van der Waals surface area contributed by atoms with E-state index in [2.05, 4.69) is 10.3 Å². The first-order chi connectivity index (χ1) is 9.11. The van der Waals surface area contributed by atoms with Gasteiger partial charge in [0.05, 0.1) is 17.2 Å². The number of anilines is 1. The molecule has 2 aromatic rings. The molecule has 0 atom stereocenters. The number of aliphatic hydroxyl groups is 1. The van der Waals surface area contributed by atoms with Crippen molar-refractivity contribution in [1.82, 2.24) is 4.98 Å². The molecule has 2 N–H and O–H groups in total. The normalized spacial score (nSPS) is 10.3. The molecule has 1 heterocycles. The zero-order valence-electron chi connectivity index (χ0n) is 9.73. The summed E-state index contributed by atoms with van der Waals surface area (Å²) in [5.41, 5.74) is 1.46. The maximum absolute atomic E-state index is 12.0. The van der Waals surface area contributed by atoms with Gasteiger partial charge in [0.25, 0.3) is 5.91 Å². The van der Waals surface area contributed by atoms with Crippen molar-refractivity contribution < 1.29 is 9.90 Å². The average Bonchev–Trinajstić information content (AvgIpc) is 2.42. The molecule has 0 saturated carbocycles. The molecular weight excluding hydrogens is 287 g/mol. The van der Waals surface area contributed by atoms with Crippen LogP contribution in [0.5, 0.6) is 0 Å². The second-order valence-electron chi connectivity index (χ2n) is 3.77. The van der Waals surface area contributed by atoms with Crippen LogP contribution in [0, 0.1) is 0 Å². The van der Waals surface area contributed by atoms with Gasteiger partial charge in [-0.15, -0.1) is 0 Å². The van der Waals surface area contributed by atoms with Gasteiger partial charge in [0, 0.05) is 17.4 Å². The summed E-state index contributed by atoms with van der Waals surface area (Å²) >= 11 is 11.5. The number of halogens is 2. The molecule has 0 fully saturated rings. The quantitative estimate of drug-likeness (QED) is 0.856. The fraction of sp³-hybridized carbons (Fsp3) is 0.0769. The van der Waals surface area contributed by atoms with E-state index in [1.165, 1.54) is 12.3 Å². The van der Waals surface area contributed by atoms with Gasteiger partial charge in [-0.3, -0.25) is 4.79 Å². The number of rotatable bonds is 3. The highest BCUT2D eigenvalue weighted by molar-refractivity contribution is 6.41. The molecule has 0 aliphatic rings. The monoisotopic (exact) mass is 296 g/mol. The zero-order chi connectivity index (χ0) is 13.8. The van der Waals surface area contributed by atoms with Crippen molar-refractivity contribution >= 4 is 34.8 Å². The first kappa shape index (κ1) is 13.8. The molecule has 0 saturated heterocycles. The molecule has 1 aromatic carbocycles. The number of carbonyl (C=O) groups excluding carboxylic acids is 1. The number of hydrogen-bond donors (Lipinski definition) is 2. The second-order valence-corrected chi connectivity index (χ2v) is 4.53. The van der Waals surface area contributed by atoms with E-state index in [0.29, 0.717) is 16.8 Å². The Morgan fingerprint density at radius 2 is 2.05 bits per heavy atom. The molecule has 6 heteroatoms. The summed E-state index contributed by atoms with van der Waals surface area (Å²) in [4.78, 5) is 15.8. The molecule has 1 amide bonds. The van der Waals surface area contributed by atoms with Crippen molar-refractivity contribution in [1.29, 1.82) is 0 Å². The van der Waals surface area contributed by atoms with Gasteiger partial charge >= 0.3 is 0 Å². The van der Waals surface area contributed by atoms with Crippen LogP contribution in [0.3, 0.4) is 0 Å². The van der Waals surface area contributed by atoms with Crippen molar-refractivity contribution in [3.05, 3.63) is 57.8 Å². The van der Waals surface area contributed by atoms with Crippen LogP contribution in [0.15, 0.2) is 36.5 Å². The number of nitrogens with one attached hydrogen (secondary N) is 1. The van der Waals surface area contributed by atoms with Crippen molar-refractivity contribution in [2.45, 2.75) is 6.61 Å². The van der Waals surface area contributed by atoms with Gasteiger partial charge in [0.15, 0.2) is 0 Å². The molecular formula is C13H10Cl2N2O2. The Hall–Kier alpha value is -1.62. The Bertz CT molecular complexity index is 617. The maximum Gasteiger partial charge on any atom is 0.257 e. The summed E-state index contributed by atoms with van der Waals surface area (Å²) in [5.74, 6) is -0.369. The van der Waals surface area contributed by atoms with E-state index < -0.39 is 0 Å². The molecule has 0 unspecified atom stereocenters. The molecule has 0 aliphatic heterocycles. The molecule has 2 rings (SSSR count). The van der Waals surface area contributed by atoms with Crippen LogP contribution in [-0.4, -0.2) is 16.0 Å². The highest BCUT2D eigenvalue weighted by atomic mass is 35.5. The van der Waals surface area contributed by atoms with Crippen LogP contribution in [-0.2, 0) is 6.61 Å². The Balaban J connectivity index is 2.23. The smallest absolute Gasteiger partial charge is 0.257 e. The SMILES string of the molecule is O=C(Nc1ccccc1CO)c1cnc(Cl)c(Cl)c1. The fourth-order valence-electron chi connectivity index (χ4n) is 1.52. The van der Waals surface area contributed by atoms with Crippen LogP contribution in [0.4, 0.5) is 5.69 Å². The lowest BCUT2D eigenvalue weighted by molar-refractivity contribution is 0.102. The van der Waals surface area contributed by atoms with E-state index >= 15 is 0 Å². The zero-order valence-corrected chi connectivity index (χ0v) is 11.2. The molecule has 4 nitrogen and oxygen atoms in total. The van der Waals surface area contributed by atoms with Crippen molar-refractivity contribution in [3.63, 3.8) is 0 Å². The average molecular weight is 297 g/mol. The largest absolute Gasteiger partial charge is 0.392 e. The van der Waals surface area contributed by atoms with E-state index in [-0.39, 0.29) is 22.7 Å². The third-order valence-corrected chi connectivity index (χ3v) is 3.18. The minimum atomic E-state index is -0.369. The van der Waals surface area contributed by atoms with Gasteiger partial charge < -0.3 is 10.4 Å². The van der Waals surface area contributed by atoms with Gasteiger partial charge in [0.1, 0.15) is 5.15 Å². The minimum absolute atomic E-state index is 0.147. The predicted octanol–water partition coefficient (Wildman–Crippen LogP) is 3.13. The molecule has 1 aromatic heterocycles. The molecule has 0 bridgehead atoms. The van der Waals surface area contributed by atoms with E-state index in [4.69, 9.17) is 23.2 Å². The van der Waals surface area contributed by atoms with Gasteiger partial charge in [-0.25, -0.2) is 4.98 Å². The number of para-hydroxylation sites is 1. The van der Waals surface area contributed by atoms with Crippen LogP contribution >= 0.6 is 23.2 Å². The summed E-state index contributed by atoms with van der Waals surface area (Å²) in [5, 5.41) is 12.2. The summed E-state index contributed by atoms with van der Waals surface area (Å²) in [6.45, 7) is -0.157. The summed E-state index contributed by atoms with van der Waals surface area (Å²) in [7, 11) is 0. The molecule has 0 radical (unpaired) electrons. The van der Waals surface area contributed by atoms with Crippen LogP contribution in [0.1, 0.15) is 15.9 Å². The Morgan fingerprint density at radius 1 is 1.32 bits per heavy atom. The summed E-state index contributed by atoms with van der Waals surface area (Å²) in [6.07, 6.45) is 1.34. The first-order valence-corrected chi connectivity index (χ1v) is 6.18. The molecule has 98 valence electrons. The van der Waals surface area contributed by atoms with Crippen LogP contribution in [0.25, 0.3) is 0 Å². The minimum Gasteiger partial charge on any atom is -0.392 e. The highest BCUT2D eigenvalue weighted by Crippen LogP contribution is 2.21. The van der Waals surface area contributed by atoms with E-state index in [9.17, 15) is 9.90 Å². The van der Waals surface area contributed by atoms with Gasteiger partial charge in [0.2, 0.25) is 0 Å². The van der Waals surface area contributed by atoms with E-state index in [0.717, 1.165) is 0 Å². The molecule has 0 aliphatic carbocycles. The topological polar surface area (TPSA) is 62.2 Å². The van der Waals surface area contributed by atoms with Gasteiger partial charge in [-0.2, -0.15) is 0 Å². The summed E-state index contributed by atoms with van der Waals surface area (Å²) < 4.78 is 0. The fourth-order valence-corrected chi connectivity index (χ4v) is 1.79. The Kier molecular flexibility index (Phi) is 4.37. The number of hydrogen-bond acceptors (Lipinski definition) is 3. The number of nitrogens with zero attached hydrogens (tertiary/aromatic N) is 1. The predicted molar refractivity (Wildman–Crippen MR) is 74.6 cm³/mol. The Labute approximate surface area is 120 Å². The number of carbonyl (C=O) groups is 1. The Morgan fingerprint density at radius 3 is 2.74 bits per heavy atom. The van der Waals surface area contributed by atoms with Crippen molar-refractivity contribution in [2.75, 3.05) is 5.32 Å². The maximum atomic E-state index is 12.0. The highest BCUT2D eigenvalue weighted by Gasteiger charge is 2.11.